The van der Waals surface area contributed by atoms with Crippen LogP contribution < -0.4 is 9.47 Å². The van der Waals surface area contributed by atoms with Gasteiger partial charge in [0.05, 0.1) is 6.61 Å². The first kappa shape index (κ1) is 16.4. The minimum absolute atomic E-state index is 0.288. The second-order valence-electron chi connectivity index (χ2n) is 6.87. The molecule has 1 aliphatic heterocycles. The molecule has 0 unspecified atom stereocenters. The first-order valence-electron chi connectivity index (χ1n) is 9.01. The van der Waals surface area contributed by atoms with Crippen LogP contribution in [0.25, 0.3) is 0 Å². The largest absolute Gasteiger partial charge is 0.494 e. The van der Waals surface area contributed by atoms with Gasteiger partial charge in [0.1, 0.15) is 11.5 Å². The fraction of sp³-hybridized carbons (Fsp3) is 0.579. The molecule has 0 bridgehead atoms. The lowest BCUT2D eigenvalue weighted by Crippen LogP contribution is -2.18. The van der Waals surface area contributed by atoms with Crippen LogP contribution in [0.4, 0.5) is 0 Å². The molecule has 134 valence electrons. The Morgan fingerprint density at radius 1 is 1.16 bits per heavy atom. The van der Waals surface area contributed by atoms with E-state index in [9.17, 15) is 0 Å². The molecule has 2 heterocycles. The molecule has 6 heteroatoms. The third-order valence-corrected chi connectivity index (χ3v) is 5.23. The second-order valence-corrected chi connectivity index (χ2v) is 6.87. The molecular formula is C19H24N2O4. The van der Waals surface area contributed by atoms with Gasteiger partial charge in [-0.15, -0.1) is 10.2 Å². The third-order valence-electron chi connectivity index (χ3n) is 5.23. The van der Waals surface area contributed by atoms with E-state index < -0.39 is 0 Å². The van der Waals surface area contributed by atoms with Crippen LogP contribution in [0.5, 0.6) is 11.5 Å². The fourth-order valence-corrected chi connectivity index (χ4v) is 3.61. The first-order chi connectivity index (χ1) is 12.2. The molecule has 6 nitrogen and oxygen atoms in total. The number of rotatable bonds is 6. The molecular weight excluding hydrogens is 320 g/mol. The summed E-state index contributed by atoms with van der Waals surface area (Å²) in [5.74, 6) is 3.24. The van der Waals surface area contributed by atoms with Crippen LogP contribution >= 0.6 is 0 Å². The second kappa shape index (κ2) is 6.67. The number of hydrogen-bond acceptors (Lipinski definition) is 6. The molecule has 4 rings (SSSR count). The summed E-state index contributed by atoms with van der Waals surface area (Å²) in [5, 5.41) is 8.47. The topological polar surface area (TPSA) is 66.6 Å². The summed E-state index contributed by atoms with van der Waals surface area (Å²) >= 11 is 0. The van der Waals surface area contributed by atoms with Gasteiger partial charge in [-0.3, -0.25) is 0 Å². The van der Waals surface area contributed by atoms with E-state index in [1.165, 1.54) is 0 Å². The molecule has 1 aliphatic carbocycles. The lowest BCUT2D eigenvalue weighted by Gasteiger charge is -2.21. The van der Waals surface area contributed by atoms with E-state index in [4.69, 9.17) is 18.6 Å². The summed E-state index contributed by atoms with van der Waals surface area (Å²) in [5.41, 5.74) is 0.335. The van der Waals surface area contributed by atoms with Crippen LogP contribution in [0.2, 0.25) is 0 Å². The maximum atomic E-state index is 5.92. The number of nitrogens with zero attached hydrogens (tertiary/aromatic N) is 2. The van der Waals surface area contributed by atoms with Crippen molar-refractivity contribution in [2.24, 2.45) is 5.41 Å². The highest BCUT2D eigenvalue weighted by Crippen LogP contribution is 2.64. The zero-order valence-corrected chi connectivity index (χ0v) is 14.7. The first-order valence-corrected chi connectivity index (χ1v) is 9.01. The molecule has 1 spiro atoms. The Morgan fingerprint density at radius 3 is 2.60 bits per heavy atom. The lowest BCUT2D eigenvalue weighted by molar-refractivity contribution is 0.0545. The number of aromatic nitrogens is 2. The Bertz CT molecular complexity index is 706. The molecule has 1 aromatic carbocycles. The van der Waals surface area contributed by atoms with Gasteiger partial charge in [-0.2, -0.15) is 0 Å². The smallest absolute Gasteiger partial charge is 0.256 e. The van der Waals surface area contributed by atoms with Gasteiger partial charge in [-0.05, 0) is 62.8 Å². The highest BCUT2D eigenvalue weighted by atomic mass is 16.5. The molecule has 0 radical (unpaired) electrons. The van der Waals surface area contributed by atoms with E-state index >= 15 is 0 Å². The highest BCUT2D eigenvalue weighted by Gasteiger charge is 2.57. The van der Waals surface area contributed by atoms with Crippen molar-refractivity contribution in [3.8, 4) is 11.5 Å². The van der Waals surface area contributed by atoms with Crippen LogP contribution in [0.15, 0.2) is 28.7 Å². The average Bonchev–Trinajstić information content (AvgIpc) is 3.09. The molecule has 25 heavy (non-hydrogen) atoms. The zero-order chi connectivity index (χ0) is 17.3. The summed E-state index contributed by atoms with van der Waals surface area (Å²) in [4.78, 5) is 0. The summed E-state index contributed by atoms with van der Waals surface area (Å²) < 4.78 is 22.7. The van der Waals surface area contributed by atoms with E-state index in [1.54, 1.807) is 0 Å². The van der Waals surface area contributed by atoms with Gasteiger partial charge in [0.25, 0.3) is 5.89 Å². The molecule has 2 atom stereocenters. The predicted molar refractivity (Wildman–Crippen MR) is 90.8 cm³/mol. The van der Waals surface area contributed by atoms with E-state index in [1.807, 2.05) is 38.1 Å². The molecule has 1 aromatic heterocycles. The maximum Gasteiger partial charge on any atom is 0.256 e. The highest BCUT2D eigenvalue weighted by molar-refractivity contribution is 5.31. The van der Waals surface area contributed by atoms with Crippen LogP contribution in [0.1, 0.15) is 56.9 Å². The van der Waals surface area contributed by atoms with Crippen LogP contribution in [0.3, 0.4) is 0 Å². The number of hydrogen-bond donors (Lipinski definition) is 0. The quantitative estimate of drug-likeness (QED) is 0.792. The third kappa shape index (κ3) is 3.35. The molecule has 2 fully saturated rings. The van der Waals surface area contributed by atoms with Gasteiger partial charge in [0.15, 0.2) is 6.10 Å². The Kier molecular flexibility index (Phi) is 4.37. The lowest BCUT2D eigenvalue weighted by atomic mass is 9.94. The monoisotopic (exact) mass is 344 g/mol. The van der Waals surface area contributed by atoms with Gasteiger partial charge in [-0.25, -0.2) is 0 Å². The Morgan fingerprint density at radius 2 is 1.88 bits per heavy atom. The molecule has 2 aliphatic rings. The van der Waals surface area contributed by atoms with Crippen molar-refractivity contribution in [2.45, 2.75) is 45.1 Å². The molecule has 2 aromatic rings. The molecule has 0 amide bonds. The maximum absolute atomic E-state index is 5.92. The zero-order valence-electron chi connectivity index (χ0n) is 14.7. The summed E-state index contributed by atoms with van der Waals surface area (Å²) in [6, 6.07) is 7.56. The van der Waals surface area contributed by atoms with E-state index in [2.05, 4.69) is 10.2 Å². The number of benzene rings is 1. The van der Waals surface area contributed by atoms with Gasteiger partial charge in [0.2, 0.25) is 5.89 Å². The Balaban J connectivity index is 1.38. The van der Waals surface area contributed by atoms with Crippen LogP contribution in [-0.2, 0) is 4.74 Å². The van der Waals surface area contributed by atoms with Gasteiger partial charge >= 0.3 is 0 Å². The summed E-state index contributed by atoms with van der Waals surface area (Å²) in [6.45, 7) is 6.22. The molecule has 1 saturated carbocycles. The van der Waals surface area contributed by atoms with Crippen molar-refractivity contribution in [2.75, 3.05) is 19.8 Å². The predicted octanol–water partition coefficient (Wildman–Crippen LogP) is 3.89. The van der Waals surface area contributed by atoms with Gasteiger partial charge < -0.3 is 18.6 Å². The standard InChI is InChI=1S/C19H24N2O4/c1-3-23-14-4-6-15(7-5-14)24-13(2)17-20-21-18(25-17)16-12-19(16)8-10-22-11-9-19/h4-7,13,16H,3,8-12H2,1-2H3/t13-,16-/m0/s1. The number of ether oxygens (including phenoxy) is 3. The van der Waals surface area contributed by atoms with Gasteiger partial charge in [-0.1, -0.05) is 0 Å². The van der Waals surface area contributed by atoms with Crippen molar-refractivity contribution >= 4 is 0 Å². The van der Waals surface area contributed by atoms with E-state index in [0.29, 0.717) is 23.8 Å². The molecule has 0 N–H and O–H groups in total. The van der Waals surface area contributed by atoms with Crippen molar-refractivity contribution in [3.05, 3.63) is 36.0 Å². The van der Waals surface area contributed by atoms with Crippen molar-refractivity contribution in [1.82, 2.24) is 10.2 Å². The Hall–Kier alpha value is -2.08. The van der Waals surface area contributed by atoms with E-state index in [0.717, 1.165) is 49.9 Å². The summed E-state index contributed by atoms with van der Waals surface area (Å²) in [6.07, 6.45) is 3.02. The van der Waals surface area contributed by atoms with Crippen LogP contribution in [0, 0.1) is 5.41 Å². The minimum atomic E-state index is -0.288. The summed E-state index contributed by atoms with van der Waals surface area (Å²) in [7, 11) is 0. The van der Waals surface area contributed by atoms with Crippen LogP contribution in [-0.4, -0.2) is 30.0 Å². The molecule has 1 saturated heterocycles. The normalized spacial score (nSPS) is 22.6. The average molecular weight is 344 g/mol. The minimum Gasteiger partial charge on any atom is -0.494 e. The van der Waals surface area contributed by atoms with Gasteiger partial charge in [0, 0.05) is 19.1 Å². The van der Waals surface area contributed by atoms with Crippen molar-refractivity contribution in [1.29, 1.82) is 0 Å². The fourth-order valence-electron chi connectivity index (χ4n) is 3.61. The van der Waals surface area contributed by atoms with Crippen molar-refractivity contribution < 1.29 is 18.6 Å². The SMILES string of the molecule is CCOc1ccc(O[C@@H](C)c2nnc([C@@H]3CC34CCOCC4)o2)cc1. The Labute approximate surface area is 147 Å². The van der Waals surface area contributed by atoms with E-state index in [-0.39, 0.29) is 6.10 Å². The van der Waals surface area contributed by atoms with Crippen molar-refractivity contribution in [3.63, 3.8) is 0 Å².